The van der Waals surface area contributed by atoms with Crippen LogP contribution in [0.5, 0.6) is 0 Å². The average Bonchev–Trinajstić information content (AvgIpc) is 2.80. The number of nitrogens with one attached hydrogen (secondary N) is 1. The van der Waals surface area contributed by atoms with Crippen LogP contribution in [0.15, 0.2) is 52.2 Å². The van der Waals surface area contributed by atoms with Crippen LogP contribution in [0.3, 0.4) is 0 Å². The third-order valence-corrected chi connectivity index (χ3v) is 5.33. The van der Waals surface area contributed by atoms with Gasteiger partial charge in [0.2, 0.25) is 0 Å². The van der Waals surface area contributed by atoms with E-state index in [1.165, 1.54) is 6.07 Å². The number of ether oxygens (including phenoxy) is 1. The number of H-pyrrole nitrogens is 1. The molecule has 0 saturated heterocycles. The van der Waals surface area contributed by atoms with Crippen molar-refractivity contribution in [3.05, 3.63) is 84.7 Å². The Kier molecular flexibility index (Phi) is 7.52. The van der Waals surface area contributed by atoms with Crippen LogP contribution in [0.25, 0.3) is 0 Å². The van der Waals surface area contributed by atoms with Crippen molar-refractivity contribution in [2.24, 2.45) is 0 Å². The molecular formula is C21H19Cl2N5O5. The fraction of sp³-hybridized carbons (Fsp3) is 0.190. The number of anilines is 2. The maximum absolute atomic E-state index is 12.8. The number of nitrogens with two attached hydrogens (primary N) is 1. The van der Waals surface area contributed by atoms with Gasteiger partial charge in [0.1, 0.15) is 11.0 Å². The van der Waals surface area contributed by atoms with Gasteiger partial charge in [-0.15, -0.1) is 0 Å². The summed E-state index contributed by atoms with van der Waals surface area (Å²) in [5, 5.41) is 0.0642. The van der Waals surface area contributed by atoms with Crippen LogP contribution in [0.1, 0.15) is 22.8 Å². The Bertz CT molecular complexity index is 1310. The number of amides is 1. The number of benzene rings is 1. The van der Waals surface area contributed by atoms with Gasteiger partial charge in [-0.05, 0) is 18.6 Å². The van der Waals surface area contributed by atoms with Gasteiger partial charge < -0.3 is 15.4 Å². The molecule has 1 aromatic carbocycles. The van der Waals surface area contributed by atoms with Crippen molar-refractivity contribution in [2.75, 3.05) is 23.8 Å². The van der Waals surface area contributed by atoms with Crippen LogP contribution in [-0.2, 0) is 16.1 Å². The highest BCUT2D eigenvalue weighted by atomic mass is 35.5. The molecule has 0 aliphatic heterocycles. The predicted molar refractivity (Wildman–Crippen MR) is 124 cm³/mol. The lowest BCUT2D eigenvalue weighted by Gasteiger charge is -2.23. The number of carbonyl (C=O) groups is 2. The molecule has 172 valence electrons. The Balaban J connectivity index is 1.84. The molecule has 3 rings (SSSR count). The van der Waals surface area contributed by atoms with E-state index in [0.717, 1.165) is 21.2 Å². The molecule has 3 aromatic rings. The van der Waals surface area contributed by atoms with Gasteiger partial charge in [-0.3, -0.25) is 19.1 Å². The molecule has 0 fully saturated rings. The molecule has 0 atom stereocenters. The summed E-state index contributed by atoms with van der Waals surface area (Å²) in [5.74, 6) is -1.77. The molecule has 0 spiro atoms. The van der Waals surface area contributed by atoms with Crippen LogP contribution in [0.4, 0.5) is 11.5 Å². The monoisotopic (exact) mass is 491 g/mol. The summed E-state index contributed by atoms with van der Waals surface area (Å²) < 4.78 is 6.17. The van der Waals surface area contributed by atoms with Gasteiger partial charge in [-0.1, -0.05) is 53.5 Å². The molecule has 1 amide bonds. The molecule has 2 aromatic heterocycles. The second-order valence-corrected chi connectivity index (χ2v) is 7.54. The van der Waals surface area contributed by atoms with Gasteiger partial charge in [0.15, 0.2) is 12.3 Å². The zero-order valence-electron chi connectivity index (χ0n) is 17.4. The number of aromatic nitrogens is 3. The smallest absolute Gasteiger partial charge is 0.340 e. The lowest BCUT2D eigenvalue weighted by Crippen LogP contribution is -2.42. The number of esters is 1. The molecule has 0 aliphatic carbocycles. The largest absolute Gasteiger partial charge is 0.452 e. The van der Waals surface area contributed by atoms with E-state index in [0.29, 0.717) is 0 Å². The van der Waals surface area contributed by atoms with Crippen LogP contribution >= 0.6 is 23.2 Å². The zero-order valence-corrected chi connectivity index (χ0v) is 18.9. The summed E-state index contributed by atoms with van der Waals surface area (Å²) >= 11 is 11.6. The van der Waals surface area contributed by atoms with E-state index in [1.807, 2.05) is 6.07 Å². The first-order valence-corrected chi connectivity index (χ1v) is 10.4. The van der Waals surface area contributed by atoms with Crippen molar-refractivity contribution in [3.63, 3.8) is 0 Å². The van der Waals surface area contributed by atoms with Crippen molar-refractivity contribution in [2.45, 2.75) is 13.5 Å². The van der Waals surface area contributed by atoms with Gasteiger partial charge in [-0.25, -0.2) is 14.6 Å². The number of rotatable bonds is 7. The zero-order chi connectivity index (χ0) is 24.1. The fourth-order valence-electron chi connectivity index (χ4n) is 3.04. The number of aromatic amines is 1. The van der Waals surface area contributed by atoms with Crippen LogP contribution in [0.2, 0.25) is 10.2 Å². The lowest BCUT2D eigenvalue weighted by molar-refractivity contribution is -0.121. The third kappa shape index (κ3) is 5.41. The predicted octanol–water partition coefficient (Wildman–Crippen LogP) is 2.08. The summed E-state index contributed by atoms with van der Waals surface area (Å²) in [6.45, 7) is 1.03. The number of nitrogen functional groups attached to an aromatic ring is 1. The second kappa shape index (κ2) is 10.3. The number of nitrogens with zero attached hydrogens (tertiary/aromatic N) is 3. The Hall–Kier alpha value is -3.63. The number of hydrogen-bond acceptors (Lipinski definition) is 7. The first-order valence-electron chi connectivity index (χ1n) is 9.68. The summed E-state index contributed by atoms with van der Waals surface area (Å²) in [7, 11) is 0. The van der Waals surface area contributed by atoms with Gasteiger partial charge in [0, 0.05) is 12.7 Å². The van der Waals surface area contributed by atoms with Crippen LogP contribution in [0, 0.1) is 0 Å². The Morgan fingerprint density at radius 3 is 2.55 bits per heavy atom. The molecule has 10 nitrogen and oxygen atoms in total. The summed E-state index contributed by atoms with van der Waals surface area (Å²) in [4.78, 5) is 56.8. The van der Waals surface area contributed by atoms with Crippen LogP contribution in [-0.4, -0.2) is 39.6 Å². The number of halogens is 2. The highest BCUT2D eigenvalue weighted by Crippen LogP contribution is 2.21. The van der Waals surface area contributed by atoms with Crippen molar-refractivity contribution >= 4 is 46.6 Å². The second-order valence-electron chi connectivity index (χ2n) is 6.78. The molecular weight excluding hydrogens is 473 g/mol. The van der Waals surface area contributed by atoms with Crippen molar-refractivity contribution in [1.82, 2.24) is 14.5 Å². The highest BCUT2D eigenvalue weighted by molar-refractivity contribution is 6.41. The molecule has 0 radical (unpaired) electrons. The minimum atomic E-state index is -0.860. The minimum Gasteiger partial charge on any atom is -0.452 e. The molecule has 3 N–H and O–H groups in total. The van der Waals surface area contributed by atoms with Gasteiger partial charge in [0.25, 0.3) is 11.5 Å². The lowest BCUT2D eigenvalue weighted by atomic mass is 10.2. The summed E-state index contributed by atoms with van der Waals surface area (Å²) in [6.07, 6.45) is 1.15. The van der Waals surface area contributed by atoms with E-state index in [9.17, 15) is 19.2 Å². The number of likely N-dealkylation sites (N-methyl/N-ethyl adjacent to an activating group) is 1. The number of pyridine rings is 1. The fourth-order valence-corrected chi connectivity index (χ4v) is 3.31. The van der Waals surface area contributed by atoms with Crippen molar-refractivity contribution in [1.29, 1.82) is 0 Å². The number of carbonyl (C=O) groups excluding carboxylic acids is 2. The molecule has 0 saturated carbocycles. The summed E-state index contributed by atoms with van der Waals surface area (Å²) in [5.41, 5.74) is 5.12. The third-order valence-electron chi connectivity index (χ3n) is 4.64. The Morgan fingerprint density at radius 2 is 1.91 bits per heavy atom. The van der Waals surface area contributed by atoms with E-state index in [4.69, 9.17) is 33.7 Å². The van der Waals surface area contributed by atoms with Gasteiger partial charge in [0.05, 0.1) is 17.1 Å². The van der Waals surface area contributed by atoms with E-state index >= 15 is 0 Å². The molecule has 0 bridgehead atoms. The van der Waals surface area contributed by atoms with Gasteiger partial charge in [-0.2, -0.15) is 0 Å². The molecule has 12 heteroatoms. The molecule has 0 aliphatic rings. The SMILES string of the molecule is CCN(C(=O)COC(=O)c1cnc(Cl)c(Cl)c1)c1c(N)n(Cc2ccccc2)c(=O)[nH]c1=O. The summed E-state index contributed by atoms with van der Waals surface area (Å²) in [6, 6.07) is 10.2. The first kappa shape index (κ1) is 24.0. The van der Waals surface area contributed by atoms with Crippen molar-refractivity contribution < 1.29 is 14.3 Å². The highest BCUT2D eigenvalue weighted by Gasteiger charge is 2.24. The molecule has 2 heterocycles. The molecule has 0 unspecified atom stereocenters. The Labute approximate surface area is 197 Å². The average molecular weight is 492 g/mol. The normalized spacial score (nSPS) is 10.6. The van der Waals surface area contributed by atoms with Crippen molar-refractivity contribution in [3.8, 4) is 0 Å². The minimum absolute atomic E-state index is 0.00554. The van der Waals surface area contributed by atoms with E-state index < -0.39 is 29.7 Å². The Morgan fingerprint density at radius 1 is 1.21 bits per heavy atom. The topological polar surface area (TPSA) is 140 Å². The first-order chi connectivity index (χ1) is 15.7. The number of hydrogen-bond donors (Lipinski definition) is 2. The molecule has 33 heavy (non-hydrogen) atoms. The standard InChI is InChI=1S/C21H19Cl2N5O5/c1-2-27(15(29)11-33-20(31)13-8-14(22)17(23)25-9-13)16-18(24)28(21(32)26-19(16)30)10-12-6-4-3-5-7-12/h3-9H,2,10-11,24H2,1H3,(H,26,30,32). The van der Waals surface area contributed by atoms with Crippen LogP contribution < -0.4 is 21.9 Å². The maximum Gasteiger partial charge on any atom is 0.340 e. The maximum atomic E-state index is 12.8. The quantitative estimate of drug-likeness (QED) is 0.380. The van der Waals surface area contributed by atoms with E-state index in [1.54, 1.807) is 31.2 Å². The van der Waals surface area contributed by atoms with Gasteiger partial charge >= 0.3 is 11.7 Å². The van der Waals surface area contributed by atoms with E-state index in [-0.39, 0.29) is 40.3 Å². The van der Waals surface area contributed by atoms with E-state index in [2.05, 4.69) is 9.97 Å².